The number of rotatable bonds is 12. The number of halogens is 1. The van der Waals surface area contributed by atoms with Gasteiger partial charge in [0, 0.05) is 23.7 Å². The van der Waals surface area contributed by atoms with Crippen LogP contribution in [0.15, 0.2) is 78.9 Å². The maximum atomic E-state index is 15.1. The van der Waals surface area contributed by atoms with E-state index in [2.05, 4.69) is 37.8 Å². The molecule has 0 saturated carbocycles. The summed E-state index contributed by atoms with van der Waals surface area (Å²) in [6.45, 7) is 9.35. The Morgan fingerprint density at radius 1 is 0.974 bits per heavy atom. The Hall–Kier alpha value is -2.79. The van der Waals surface area contributed by atoms with Gasteiger partial charge in [-0.15, -0.1) is 6.58 Å². The van der Waals surface area contributed by atoms with Crippen LogP contribution in [0.25, 0.3) is 11.1 Å². The van der Waals surface area contributed by atoms with Crippen LogP contribution in [-0.4, -0.2) is 24.9 Å². The Kier molecular flexibility index (Phi) is 10.3. The zero-order valence-corrected chi connectivity index (χ0v) is 22.8. The molecule has 0 aromatic heterocycles. The van der Waals surface area contributed by atoms with Crippen molar-refractivity contribution >= 4 is 0 Å². The molecule has 1 atom stereocenters. The molecule has 0 radical (unpaired) electrons. The van der Waals surface area contributed by atoms with Crippen LogP contribution in [0.1, 0.15) is 86.3 Å². The van der Waals surface area contributed by atoms with Gasteiger partial charge in [0.2, 0.25) is 0 Å². The summed E-state index contributed by atoms with van der Waals surface area (Å²) in [4.78, 5) is 0. The van der Waals surface area contributed by atoms with Crippen molar-refractivity contribution in [2.24, 2.45) is 0 Å². The summed E-state index contributed by atoms with van der Waals surface area (Å²) >= 11 is 0. The Labute approximate surface area is 227 Å². The predicted molar refractivity (Wildman–Crippen MR) is 153 cm³/mol. The van der Waals surface area contributed by atoms with Crippen molar-refractivity contribution in [1.29, 1.82) is 0 Å². The van der Waals surface area contributed by atoms with E-state index in [4.69, 9.17) is 9.47 Å². The van der Waals surface area contributed by atoms with E-state index in [9.17, 15) is 5.11 Å². The van der Waals surface area contributed by atoms with E-state index in [0.717, 1.165) is 35.1 Å². The summed E-state index contributed by atoms with van der Waals surface area (Å²) < 4.78 is 27.2. The average molecular weight is 517 g/mol. The lowest BCUT2D eigenvalue weighted by atomic mass is 9.89. The first-order valence-electron chi connectivity index (χ1n) is 14.0. The smallest absolute Gasteiger partial charge is 0.183 e. The van der Waals surface area contributed by atoms with Crippen LogP contribution < -0.4 is 0 Å². The number of allylic oxidation sites excluding steroid dienone is 1. The van der Waals surface area contributed by atoms with Gasteiger partial charge in [-0.05, 0) is 66.8 Å². The molecule has 1 heterocycles. The highest BCUT2D eigenvalue weighted by Crippen LogP contribution is 2.34. The number of aliphatic hydroxyl groups is 1. The molecule has 1 unspecified atom stereocenters. The number of hydrogen-bond donors (Lipinski definition) is 1. The topological polar surface area (TPSA) is 38.7 Å². The highest BCUT2D eigenvalue weighted by molar-refractivity contribution is 5.65. The number of ether oxygens (including phenoxy) is 2. The van der Waals surface area contributed by atoms with Gasteiger partial charge in [0.15, 0.2) is 6.29 Å². The normalized spacial score (nSPS) is 18.3. The van der Waals surface area contributed by atoms with Crippen LogP contribution in [0.4, 0.5) is 4.39 Å². The Bertz CT molecular complexity index is 1160. The minimum Gasteiger partial charge on any atom is -0.396 e. The van der Waals surface area contributed by atoms with Gasteiger partial charge in [0.05, 0.1) is 13.2 Å². The van der Waals surface area contributed by atoms with Gasteiger partial charge in [-0.1, -0.05) is 86.0 Å². The molecule has 1 saturated heterocycles. The van der Waals surface area contributed by atoms with E-state index >= 15 is 4.39 Å². The minimum atomic E-state index is -0.433. The molecule has 0 bridgehead atoms. The molecular weight excluding hydrogens is 475 g/mol. The van der Waals surface area contributed by atoms with E-state index in [0.29, 0.717) is 25.2 Å². The van der Waals surface area contributed by atoms with Crippen molar-refractivity contribution in [3.8, 4) is 11.1 Å². The van der Waals surface area contributed by atoms with E-state index in [1.54, 1.807) is 6.07 Å². The van der Waals surface area contributed by atoms with Crippen molar-refractivity contribution in [2.75, 3.05) is 19.8 Å². The van der Waals surface area contributed by atoms with Crippen LogP contribution in [0.3, 0.4) is 0 Å². The molecule has 202 valence electrons. The average Bonchev–Trinajstić information content (AvgIpc) is 2.93. The molecule has 3 aromatic carbocycles. The van der Waals surface area contributed by atoms with Crippen LogP contribution in [0.5, 0.6) is 0 Å². The van der Waals surface area contributed by atoms with E-state index in [1.807, 2.05) is 43.3 Å². The zero-order valence-electron chi connectivity index (χ0n) is 22.8. The van der Waals surface area contributed by atoms with Crippen LogP contribution in [-0.2, 0) is 15.9 Å². The van der Waals surface area contributed by atoms with Crippen LogP contribution >= 0.6 is 0 Å². The highest BCUT2D eigenvalue weighted by Gasteiger charge is 2.26. The fourth-order valence-electron chi connectivity index (χ4n) is 5.23. The molecule has 38 heavy (non-hydrogen) atoms. The summed E-state index contributed by atoms with van der Waals surface area (Å²) in [7, 11) is 0. The van der Waals surface area contributed by atoms with Gasteiger partial charge in [0.25, 0.3) is 0 Å². The minimum absolute atomic E-state index is 0.0143. The molecule has 4 rings (SSSR count). The molecule has 1 fully saturated rings. The first-order valence-corrected chi connectivity index (χ1v) is 14.0. The molecule has 0 aliphatic carbocycles. The number of aryl methyl sites for hydroxylation is 1. The van der Waals surface area contributed by atoms with Gasteiger partial charge in [0.1, 0.15) is 5.82 Å². The number of benzene rings is 3. The molecule has 3 nitrogen and oxygen atoms in total. The number of unbranched alkanes of at least 4 members (excludes halogenated alkanes) is 2. The molecule has 4 heteroatoms. The Morgan fingerprint density at radius 2 is 1.66 bits per heavy atom. The Morgan fingerprint density at radius 3 is 2.26 bits per heavy atom. The predicted octanol–water partition coefficient (Wildman–Crippen LogP) is 8.49. The maximum absolute atomic E-state index is 15.1. The summed E-state index contributed by atoms with van der Waals surface area (Å²) in [5.41, 5.74) is 6.97. The summed E-state index contributed by atoms with van der Waals surface area (Å²) in [6, 6.07) is 22.0. The number of aliphatic hydroxyl groups excluding tert-OH is 1. The van der Waals surface area contributed by atoms with E-state index in [-0.39, 0.29) is 24.3 Å². The second-order valence-electron chi connectivity index (χ2n) is 10.6. The summed E-state index contributed by atoms with van der Waals surface area (Å²) in [6.07, 6.45) is 5.85. The zero-order chi connectivity index (χ0) is 26.9. The van der Waals surface area contributed by atoms with Gasteiger partial charge in [-0.3, -0.25) is 0 Å². The lowest BCUT2D eigenvalue weighted by Crippen LogP contribution is -2.25. The SMILES string of the molecule is C=C(C)CC(CCO)c1ccc(C2OCC(c3ccc(-c4ccc(CCCCC)cc4)c(F)c3)CO2)cc1. The van der Waals surface area contributed by atoms with Crippen molar-refractivity contribution in [2.45, 2.75) is 70.5 Å². The van der Waals surface area contributed by atoms with E-state index < -0.39 is 6.29 Å². The second kappa shape index (κ2) is 13.8. The molecule has 1 aliphatic heterocycles. The standard InChI is InChI=1S/C34H41FO3/c1-4-5-6-7-25-8-10-27(11-9-25)32-17-16-29(21-33(32)35)31-22-37-34(38-23-31)28-14-12-26(13-15-28)30(18-19-36)20-24(2)3/h8-17,21,30-31,34,36H,2,4-7,18-20,22-23H2,1,3H3. The largest absolute Gasteiger partial charge is 0.396 e. The highest BCUT2D eigenvalue weighted by atomic mass is 19.1. The molecule has 1 aliphatic rings. The van der Waals surface area contributed by atoms with E-state index in [1.165, 1.54) is 30.4 Å². The molecule has 0 spiro atoms. The third kappa shape index (κ3) is 7.41. The first-order chi connectivity index (χ1) is 18.5. The summed E-state index contributed by atoms with van der Waals surface area (Å²) in [5, 5.41) is 9.43. The molecule has 3 aromatic rings. The lowest BCUT2D eigenvalue weighted by Gasteiger charge is -2.30. The van der Waals surface area contributed by atoms with Gasteiger partial charge < -0.3 is 14.6 Å². The fraction of sp³-hybridized carbons (Fsp3) is 0.412. The van der Waals surface area contributed by atoms with Crippen molar-refractivity contribution in [3.05, 3.63) is 107 Å². The third-order valence-corrected chi connectivity index (χ3v) is 7.45. The van der Waals surface area contributed by atoms with Gasteiger partial charge in [-0.2, -0.15) is 0 Å². The van der Waals surface area contributed by atoms with Crippen LogP contribution in [0, 0.1) is 5.82 Å². The second-order valence-corrected chi connectivity index (χ2v) is 10.6. The van der Waals surface area contributed by atoms with Crippen LogP contribution in [0.2, 0.25) is 0 Å². The van der Waals surface area contributed by atoms with Crippen molar-refractivity contribution in [3.63, 3.8) is 0 Å². The summed E-state index contributed by atoms with van der Waals surface area (Å²) in [5.74, 6) is 0.0244. The maximum Gasteiger partial charge on any atom is 0.183 e. The lowest BCUT2D eigenvalue weighted by molar-refractivity contribution is -0.191. The number of hydrogen-bond acceptors (Lipinski definition) is 3. The third-order valence-electron chi connectivity index (χ3n) is 7.45. The quantitative estimate of drug-likeness (QED) is 0.194. The Balaban J connectivity index is 1.35. The van der Waals surface area contributed by atoms with Crippen molar-refractivity contribution in [1.82, 2.24) is 0 Å². The molecule has 0 amide bonds. The molecule has 1 N–H and O–H groups in total. The van der Waals surface area contributed by atoms with Crippen molar-refractivity contribution < 1.29 is 19.0 Å². The fourth-order valence-corrected chi connectivity index (χ4v) is 5.23. The molecular formula is C34H41FO3. The van der Waals surface area contributed by atoms with Gasteiger partial charge in [-0.25, -0.2) is 4.39 Å². The van der Waals surface area contributed by atoms with Gasteiger partial charge >= 0.3 is 0 Å². The monoisotopic (exact) mass is 516 g/mol. The first kappa shape index (κ1) is 28.2.